The van der Waals surface area contributed by atoms with Crippen molar-refractivity contribution in [3.8, 4) is 17.3 Å². The first-order chi connectivity index (χ1) is 14.1. The SMILES string of the molecule is Cc1ccc(-n2nc(C(=O)N3CCC4(CC3)OCCO4)nc2-c2ccco2)cc1. The van der Waals surface area contributed by atoms with Crippen LogP contribution in [0.5, 0.6) is 0 Å². The zero-order chi connectivity index (χ0) is 19.8. The Bertz CT molecular complexity index is 994. The van der Waals surface area contributed by atoms with Gasteiger partial charge in [0.1, 0.15) is 0 Å². The molecular weight excluding hydrogens is 372 g/mol. The lowest BCUT2D eigenvalue weighted by Gasteiger charge is -2.37. The smallest absolute Gasteiger partial charge is 0.293 e. The quantitative estimate of drug-likeness (QED) is 0.679. The molecule has 29 heavy (non-hydrogen) atoms. The Morgan fingerprint density at radius 2 is 1.79 bits per heavy atom. The first kappa shape index (κ1) is 18.1. The highest BCUT2D eigenvalue weighted by Crippen LogP contribution is 2.32. The third kappa shape index (κ3) is 3.34. The average Bonchev–Trinajstić information content (AvgIpc) is 3.49. The number of ether oxygens (including phenoxy) is 2. The van der Waals surface area contributed by atoms with Crippen LogP contribution >= 0.6 is 0 Å². The second-order valence-electron chi connectivity index (χ2n) is 7.38. The summed E-state index contributed by atoms with van der Waals surface area (Å²) in [5.74, 6) is 0.489. The monoisotopic (exact) mass is 394 g/mol. The van der Waals surface area contributed by atoms with Crippen LogP contribution in [-0.4, -0.2) is 57.7 Å². The fraction of sp³-hybridized carbons (Fsp3) is 0.381. The number of aromatic nitrogens is 3. The number of rotatable bonds is 3. The van der Waals surface area contributed by atoms with Crippen molar-refractivity contribution in [1.82, 2.24) is 19.7 Å². The third-order valence-electron chi connectivity index (χ3n) is 5.44. The van der Waals surface area contributed by atoms with Crippen LogP contribution in [0.1, 0.15) is 29.0 Å². The zero-order valence-corrected chi connectivity index (χ0v) is 16.2. The molecule has 1 spiro atoms. The van der Waals surface area contributed by atoms with Gasteiger partial charge in [-0.3, -0.25) is 4.79 Å². The fourth-order valence-electron chi connectivity index (χ4n) is 3.81. The molecule has 150 valence electrons. The first-order valence-corrected chi connectivity index (χ1v) is 9.79. The van der Waals surface area contributed by atoms with Gasteiger partial charge in [0.15, 0.2) is 17.4 Å². The highest BCUT2D eigenvalue weighted by molar-refractivity contribution is 5.91. The lowest BCUT2D eigenvalue weighted by molar-refractivity contribution is -0.181. The molecule has 0 aliphatic carbocycles. The van der Waals surface area contributed by atoms with Crippen molar-refractivity contribution < 1.29 is 18.7 Å². The van der Waals surface area contributed by atoms with E-state index in [2.05, 4.69) is 10.1 Å². The van der Waals surface area contributed by atoms with Crippen molar-refractivity contribution in [2.24, 2.45) is 0 Å². The number of hydrogen-bond acceptors (Lipinski definition) is 6. The zero-order valence-electron chi connectivity index (χ0n) is 16.2. The second-order valence-corrected chi connectivity index (χ2v) is 7.38. The van der Waals surface area contributed by atoms with Gasteiger partial charge in [0.05, 0.1) is 25.2 Å². The maximum absolute atomic E-state index is 13.1. The van der Waals surface area contributed by atoms with E-state index in [0.717, 1.165) is 11.3 Å². The van der Waals surface area contributed by atoms with E-state index in [1.54, 1.807) is 21.9 Å². The van der Waals surface area contributed by atoms with E-state index in [0.29, 0.717) is 50.7 Å². The molecule has 2 fully saturated rings. The molecule has 0 unspecified atom stereocenters. The minimum absolute atomic E-state index is 0.154. The van der Waals surface area contributed by atoms with Crippen molar-refractivity contribution in [1.29, 1.82) is 0 Å². The second kappa shape index (κ2) is 7.13. The number of benzene rings is 1. The Kier molecular flexibility index (Phi) is 4.44. The summed E-state index contributed by atoms with van der Waals surface area (Å²) in [5, 5.41) is 4.52. The van der Waals surface area contributed by atoms with E-state index in [1.807, 2.05) is 37.3 Å². The number of carbonyl (C=O) groups excluding carboxylic acids is 1. The van der Waals surface area contributed by atoms with Gasteiger partial charge in [-0.25, -0.2) is 4.68 Å². The molecule has 0 N–H and O–H groups in total. The molecule has 2 aromatic heterocycles. The lowest BCUT2D eigenvalue weighted by Crippen LogP contribution is -2.47. The standard InChI is InChI=1S/C21H22N4O4/c1-15-4-6-16(7-5-15)25-19(17-3-2-12-27-17)22-18(23-25)20(26)24-10-8-21(9-11-24)28-13-14-29-21/h2-7,12H,8-11,13-14H2,1H3. The number of carbonyl (C=O) groups is 1. The molecule has 0 saturated carbocycles. The Morgan fingerprint density at radius 1 is 1.07 bits per heavy atom. The fourth-order valence-corrected chi connectivity index (χ4v) is 3.81. The van der Waals surface area contributed by atoms with Crippen molar-refractivity contribution in [3.05, 3.63) is 54.0 Å². The maximum Gasteiger partial charge on any atom is 0.293 e. The van der Waals surface area contributed by atoms with Gasteiger partial charge in [0, 0.05) is 25.9 Å². The van der Waals surface area contributed by atoms with Gasteiger partial charge in [-0.2, -0.15) is 4.98 Å². The Hall–Kier alpha value is -2.97. The van der Waals surface area contributed by atoms with Gasteiger partial charge in [0.2, 0.25) is 5.82 Å². The van der Waals surface area contributed by atoms with E-state index in [1.165, 1.54) is 0 Å². The van der Waals surface area contributed by atoms with Crippen LogP contribution in [0.3, 0.4) is 0 Å². The van der Waals surface area contributed by atoms with Crippen LogP contribution in [0.4, 0.5) is 0 Å². The first-order valence-electron chi connectivity index (χ1n) is 9.79. The normalized spacial score (nSPS) is 18.4. The largest absolute Gasteiger partial charge is 0.461 e. The van der Waals surface area contributed by atoms with Crippen molar-refractivity contribution >= 4 is 5.91 Å². The molecule has 8 heteroatoms. The number of amides is 1. The number of piperidine rings is 1. The molecule has 4 heterocycles. The van der Waals surface area contributed by atoms with E-state index in [4.69, 9.17) is 13.9 Å². The van der Waals surface area contributed by atoms with Crippen molar-refractivity contribution in [2.45, 2.75) is 25.6 Å². The van der Waals surface area contributed by atoms with E-state index in [-0.39, 0.29) is 11.7 Å². The van der Waals surface area contributed by atoms with Crippen LogP contribution < -0.4 is 0 Å². The summed E-state index contributed by atoms with van der Waals surface area (Å²) >= 11 is 0. The molecule has 0 bridgehead atoms. The Morgan fingerprint density at radius 3 is 2.45 bits per heavy atom. The van der Waals surface area contributed by atoms with Crippen LogP contribution in [0.15, 0.2) is 47.1 Å². The minimum Gasteiger partial charge on any atom is -0.461 e. The van der Waals surface area contributed by atoms with Gasteiger partial charge in [-0.1, -0.05) is 17.7 Å². The van der Waals surface area contributed by atoms with Gasteiger partial charge >= 0.3 is 0 Å². The number of furan rings is 1. The predicted octanol–water partition coefficient (Wildman–Crippen LogP) is 2.81. The van der Waals surface area contributed by atoms with Crippen molar-refractivity contribution in [2.75, 3.05) is 26.3 Å². The highest BCUT2D eigenvalue weighted by Gasteiger charge is 2.41. The molecule has 3 aromatic rings. The molecular formula is C21H22N4O4. The summed E-state index contributed by atoms with van der Waals surface area (Å²) < 4.78 is 18.7. The summed E-state index contributed by atoms with van der Waals surface area (Å²) in [6.45, 7) is 4.35. The third-order valence-corrected chi connectivity index (χ3v) is 5.44. The average molecular weight is 394 g/mol. The van der Waals surface area contributed by atoms with Gasteiger partial charge in [0.25, 0.3) is 5.91 Å². The van der Waals surface area contributed by atoms with E-state index in [9.17, 15) is 4.79 Å². The molecule has 0 radical (unpaired) electrons. The van der Waals surface area contributed by atoms with Gasteiger partial charge < -0.3 is 18.8 Å². The summed E-state index contributed by atoms with van der Waals surface area (Å²) in [7, 11) is 0. The summed E-state index contributed by atoms with van der Waals surface area (Å²) in [4.78, 5) is 19.4. The van der Waals surface area contributed by atoms with Crippen LogP contribution in [-0.2, 0) is 9.47 Å². The van der Waals surface area contributed by atoms with E-state index >= 15 is 0 Å². The maximum atomic E-state index is 13.1. The summed E-state index contributed by atoms with van der Waals surface area (Å²) in [6.07, 6.45) is 2.89. The topological polar surface area (TPSA) is 82.6 Å². The molecule has 2 saturated heterocycles. The van der Waals surface area contributed by atoms with Crippen LogP contribution in [0.2, 0.25) is 0 Å². The summed E-state index contributed by atoms with van der Waals surface area (Å²) in [6, 6.07) is 11.5. The number of likely N-dealkylation sites (tertiary alicyclic amines) is 1. The minimum atomic E-state index is -0.523. The molecule has 0 atom stereocenters. The van der Waals surface area contributed by atoms with Crippen molar-refractivity contribution in [3.63, 3.8) is 0 Å². The highest BCUT2D eigenvalue weighted by atomic mass is 16.7. The molecule has 2 aliphatic heterocycles. The molecule has 1 amide bonds. The van der Waals surface area contributed by atoms with Crippen LogP contribution in [0, 0.1) is 6.92 Å². The predicted molar refractivity (Wildman–Crippen MR) is 104 cm³/mol. The lowest BCUT2D eigenvalue weighted by atomic mass is 10.0. The molecule has 8 nitrogen and oxygen atoms in total. The van der Waals surface area contributed by atoms with E-state index < -0.39 is 5.79 Å². The van der Waals surface area contributed by atoms with Gasteiger partial charge in [-0.05, 0) is 31.2 Å². The number of hydrogen-bond donors (Lipinski definition) is 0. The Labute approximate surface area is 168 Å². The number of aryl methyl sites for hydroxylation is 1. The molecule has 1 aromatic carbocycles. The van der Waals surface area contributed by atoms with Gasteiger partial charge in [-0.15, -0.1) is 5.10 Å². The number of nitrogens with zero attached hydrogens (tertiary/aromatic N) is 4. The van der Waals surface area contributed by atoms with Crippen LogP contribution in [0.25, 0.3) is 17.3 Å². The Balaban J connectivity index is 1.44. The summed E-state index contributed by atoms with van der Waals surface area (Å²) in [5.41, 5.74) is 1.96. The molecule has 5 rings (SSSR count). The molecule has 2 aliphatic rings.